The van der Waals surface area contributed by atoms with Crippen LogP contribution in [0.5, 0.6) is 0 Å². The molecule has 14 heavy (non-hydrogen) atoms. The van der Waals surface area contributed by atoms with Gasteiger partial charge in [-0.05, 0) is 13.0 Å². The zero-order chi connectivity index (χ0) is 10.1. The molecule has 0 bridgehead atoms. The molecule has 3 heteroatoms. The molecule has 0 aliphatic heterocycles. The van der Waals surface area contributed by atoms with Gasteiger partial charge in [0.05, 0.1) is 5.56 Å². The van der Waals surface area contributed by atoms with Crippen molar-refractivity contribution in [3.8, 4) is 6.07 Å². The third-order valence-electron chi connectivity index (χ3n) is 2.17. The minimum Gasteiger partial charge on any atom is -0.346 e. The van der Waals surface area contributed by atoms with Crippen molar-refractivity contribution in [2.75, 3.05) is 0 Å². The molecule has 0 aliphatic rings. The first-order valence-corrected chi connectivity index (χ1v) is 4.26. The van der Waals surface area contributed by atoms with Crippen LogP contribution in [0.1, 0.15) is 23.0 Å². The van der Waals surface area contributed by atoms with E-state index in [1.807, 2.05) is 30.3 Å². The Morgan fingerprint density at radius 3 is 2.79 bits per heavy atom. The second-order valence-electron chi connectivity index (χ2n) is 3.09. The van der Waals surface area contributed by atoms with Crippen molar-refractivity contribution in [2.24, 2.45) is 0 Å². The molecular weight excluding hydrogens is 176 g/mol. The molecule has 1 heterocycles. The van der Waals surface area contributed by atoms with Crippen molar-refractivity contribution in [3.05, 3.63) is 35.5 Å². The van der Waals surface area contributed by atoms with Crippen molar-refractivity contribution in [1.82, 2.24) is 4.98 Å². The average Bonchev–Trinajstić information content (AvgIpc) is 2.55. The Morgan fingerprint density at radius 1 is 1.43 bits per heavy atom. The summed E-state index contributed by atoms with van der Waals surface area (Å²) >= 11 is 0. The molecule has 1 aromatic heterocycles. The first-order valence-electron chi connectivity index (χ1n) is 4.26. The van der Waals surface area contributed by atoms with Crippen LogP contribution in [0.25, 0.3) is 10.9 Å². The lowest BCUT2D eigenvalue weighted by molar-refractivity contribution is 0.101. The van der Waals surface area contributed by atoms with Crippen molar-refractivity contribution < 1.29 is 4.79 Å². The largest absolute Gasteiger partial charge is 0.346 e. The van der Waals surface area contributed by atoms with Crippen molar-refractivity contribution in [2.45, 2.75) is 6.92 Å². The van der Waals surface area contributed by atoms with Gasteiger partial charge >= 0.3 is 0 Å². The maximum absolute atomic E-state index is 11.3. The zero-order valence-electron chi connectivity index (χ0n) is 7.66. The summed E-state index contributed by atoms with van der Waals surface area (Å²) in [7, 11) is 0. The van der Waals surface area contributed by atoms with Gasteiger partial charge in [0.15, 0.2) is 5.78 Å². The number of aromatic nitrogens is 1. The second-order valence-corrected chi connectivity index (χ2v) is 3.09. The van der Waals surface area contributed by atoms with E-state index < -0.39 is 0 Å². The van der Waals surface area contributed by atoms with Gasteiger partial charge in [0.25, 0.3) is 0 Å². The maximum Gasteiger partial charge on any atom is 0.163 e. The first-order chi connectivity index (χ1) is 6.74. The number of Topliss-reactive ketones (excluding diaryl/α,β-unsaturated/α-hetero) is 1. The van der Waals surface area contributed by atoms with Gasteiger partial charge in [-0.25, -0.2) is 0 Å². The van der Waals surface area contributed by atoms with E-state index in [1.54, 1.807) is 0 Å². The molecule has 0 radical (unpaired) electrons. The number of carbonyl (C=O) groups is 1. The summed E-state index contributed by atoms with van der Waals surface area (Å²) < 4.78 is 0. The fourth-order valence-electron chi connectivity index (χ4n) is 1.59. The van der Waals surface area contributed by atoms with Gasteiger partial charge in [0, 0.05) is 10.9 Å². The summed E-state index contributed by atoms with van der Waals surface area (Å²) in [6, 6.07) is 9.39. The standard InChI is InChI=1S/C11H8N2O/c1-7(14)11-8-4-2-3-5-9(8)13-10(11)6-12/h2-5,13H,1H3. The molecule has 0 spiro atoms. The predicted octanol–water partition coefficient (Wildman–Crippen LogP) is 2.24. The Hall–Kier alpha value is -2.08. The number of nitrogens with one attached hydrogen (secondary N) is 1. The van der Waals surface area contributed by atoms with E-state index in [9.17, 15) is 4.79 Å². The molecular formula is C11H8N2O. The van der Waals surface area contributed by atoms with E-state index >= 15 is 0 Å². The lowest BCUT2D eigenvalue weighted by Crippen LogP contribution is -1.93. The smallest absolute Gasteiger partial charge is 0.163 e. The Bertz CT molecular complexity index is 546. The number of nitrogens with zero attached hydrogens (tertiary/aromatic N) is 1. The van der Waals surface area contributed by atoms with Gasteiger partial charge in [-0.1, -0.05) is 18.2 Å². The SMILES string of the molecule is CC(=O)c1c(C#N)[nH]c2ccccc12. The Labute approximate surface area is 81.0 Å². The Morgan fingerprint density at radius 2 is 2.14 bits per heavy atom. The fourth-order valence-corrected chi connectivity index (χ4v) is 1.59. The summed E-state index contributed by atoms with van der Waals surface area (Å²) in [6.07, 6.45) is 0. The molecule has 2 rings (SSSR count). The predicted molar refractivity (Wildman–Crippen MR) is 53.0 cm³/mol. The van der Waals surface area contributed by atoms with Gasteiger partial charge in [0.1, 0.15) is 11.8 Å². The molecule has 2 aromatic rings. The number of hydrogen-bond donors (Lipinski definition) is 1. The molecule has 68 valence electrons. The number of nitriles is 1. The molecule has 0 saturated carbocycles. The number of para-hydroxylation sites is 1. The topological polar surface area (TPSA) is 56.6 Å². The molecule has 0 amide bonds. The van der Waals surface area contributed by atoms with Crippen molar-refractivity contribution in [3.63, 3.8) is 0 Å². The number of benzene rings is 1. The van der Waals surface area contributed by atoms with E-state index in [1.165, 1.54) is 6.92 Å². The number of aromatic amines is 1. The van der Waals surface area contributed by atoms with Crippen LogP contribution in [-0.4, -0.2) is 10.8 Å². The zero-order valence-corrected chi connectivity index (χ0v) is 7.66. The Balaban J connectivity index is 2.89. The summed E-state index contributed by atoms with van der Waals surface area (Å²) in [6.45, 7) is 1.47. The van der Waals surface area contributed by atoms with E-state index in [-0.39, 0.29) is 5.78 Å². The van der Waals surface area contributed by atoms with Gasteiger partial charge in [-0.15, -0.1) is 0 Å². The molecule has 0 fully saturated rings. The lowest BCUT2D eigenvalue weighted by atomic mass is 10.1. The highest BCUT2D eigenvalue weighted by Crippen LogP contribution is 2.21. The van der Waals surface area contributed by atoms with Crippen LogP contribution in [0.3, 0.4) is 0 Å². The van der Waals surface area contributed by atoms with E-state index in [4.69, 9.17) is 5.26 Å². The van der Waals surface area contributed by atoms with Gasteiger partial charge in [-0.2, -0.15) is 5.26 Å². The average molecular weight is 184 g/mol. The quantitative estimate of drug-likeness (QED) is 0.691. The normalized spacial score (nSPS) is 10.0. The molecule has 1 N–H and O–H groups in total. The number of rotatable bonds is 1. The summed E-state index contributed by atoms with van der Waals surface area (Å²) in [4.78, 5) is 14.2. The Kier molecular flexibility index (Phi) is 1.83. The number of carbonyl (C=O) groups excluding carboxylic acids is 1. The van der Waals surface area contributed by atoms with Crippen LogP contribution in [0.4, 0.5) is 0 Å². The molecule has 1 aromatic carbocycles. The minimum atomic E-state index is -0.0843. The molecule has 0 saturated heterocycles. The molecule has 0 unspecified atom stereocenters. The second kappa shape index (κ2) is 3.00. The molecule has 3 nitrogen and oxygen atoms in total. The highest BCUT2D eigenvalue weighted by atomic mass is 16.1. The summed E-state index contributed by atoms with van der Waals surface area (Å²) in [5.74, 6) is -0.0843. The van der Waals surface area contributed by atoms with E-state index in [0.717, 1.165) is 10.9 Å². The third kappa shape index (κ3) is 1.09. The van der Waals surface area contributed by atoms with Gasteiger partial charge < -0.3 is 4.98 Å². The fraction of sp³-hybridized carbons (Fsp3) is 0.0909. The van der Waals surface area contributed by atoms with Crippen LogP contribution < -0.4 is 0 Å². The highest BCUT2D eigenvalue weighted by Gasteiger charge is 2.13. The number of H-pyrrole nitrogens is 1. The summed E-state index contributed by atoms with van der Waals surface area (Å²) in [5, 5.41) is 9.65. The number of ketones is 1. The van der Waals surface area contributed by atoms with Crippen LogP contribution in [-0.2, 0) is 0 Å². The van der Waals surface area contributed by atoms with E-state index in [0.29, 0.717) is 11.3 Å². The monoisotopic (exact) mass is 184 g/mol. The van der Waals surface area contributed by atoms with Crippen molar-refractivity contribution in [1.29, 1.82) is 5.26 Å². The molecule has 0 atom stereocenters. The van der Waals surface area contributed by atoms with Crippen LogP contribution in [0, 0.1) is 11.3 Å². The van der Waals surface area contributed by atoms with Crippen LogP contribution >= 0.6 is 0 Å². The number of hydrogen-bond acceptors (Lipinski definition) is 2. The van der Waals surface area contributed by atoms with Gasteiger partial charge in [-0.3, -0.25) is 4.79 Å². The minimum absolute atomic E-state index is 0.0843. The van der Waals surface area contributed by atoms with Crippen LogP contribution in [0.2, 0.25) is 0 Å². The summed E-state index contributed by atoms with van der Waals surface area (Å²) in [5.41, 5.74) is 1.66. The lowest BCUT2D eigenvalue weighted by Gasteiger charge is -1.91. The van der Waals surface area contributed by atoms with Gasteiger partial charge in [0.2, 0.25) is 0 Å². The van der Waals surface area contributed by atoms with E-state index in [2.05, 4.69) is 4.98 Å². The van der Waals surface area contributed by atoms with Crippen LogP contribution in [0.15, 0.2) is 24.3 Å². The first kappa shape index (κ1) is 8.52. The van der Waals surface area contributed by atoms with Crippen molar-refractivity contribution >= 4 is 16.7 Å². The number of fused-ring (bicyclic) bond motifs is 1. The third-order valence-corrected chi connectivity index (χ3v) is 2.17. The molecule has 0 aliphatic carbocycles. The maximum atomic E-state index is 11.3. The highest BCUT2D eigenvalue weighted by molar-refractivity contribution is 6.08.